The maximum absolute atomic E-state index is 12.5. The average molecular weight is 391 g/mol. The number of rotatable bonds is 6. The fourth-order valence-corrected chi connectivity index (χ4v) is 2.92. The highest BCUT2D eigenvalue weighted by molar-refractivity contribution is 5.98. The predicted molar refractivity (Wildman–Crippen MR) is 103 cm³/mol. The van der Waals surface area contributed by atoms with Crippen molar-refractivity contribution in [2.24, 2.45) is 0 Å². The number of furan rings is 1. The molecule has 0 aliphatic heterocycles. The molecule has 0 spiro atoms. The molecule has 0 unspecified atom stereocenters. The quantitative estimate of drug-likeness (QED) is 0.443. The molecule has 0 aliphatic carbocycles. The van der Waals surface area contributed by atoms with E-state index in [2.05, 4.69) is 5.16 Å². The Hall–Kier alpha value is -3.87. The highest BCUT2D eigenvalue weighted by atomic mass is 16.5. The van der Waals surface area contributed by atoms with Crippen LogP contribution in [0.4, 0.5) is 0 Å². The molecule has 7 nitrogen and oxygen atoms in total. The maximum Gasteiger partial charge on any atom is 0.341 e. The van der Waals surface area contributed by atoms with Crippen LogP contribution in [0.25, 0.3) is 22.2 Å². The highest BCUT2D eigenvalue weighted by Crippen LogP contribution is 2.29. The van der Waals surface area contributed by atoms with Gasteiger partial charge in [0.05, 0.1) is 23.8 Å². The molecule has 0 saturated heterocycles. The number of carbonyl (C=O) groups excluding carboxylic acids is 2. The first-order valence-corrected chi connectivity index (χ1v) is 9.03. The minimum atomic E-state index is -0.557. The van der Waals surface area contributed by atoms with Gasteiger partial charge in [0.25, 0.3) is 0 Å². The Balaban J connectivity index is 1.54. The molecule has 0 amide bonds. The Bertz CT molecular complexity index is 1160. The average Bonchev–Trinajstić information content (AvgIpc) is 3.39. The number of hydrogen-bond donors (Lipinski definition) is 0. The highest BCUT2D eigenvalue weighted by Gasteiger charge is 2.19. The lowest BCUT2D eigenvalue weighted by atomic mass is 10.1. The number of hydrogen-bond acceptors (Lipinski definition) is 7. The predicted octanol–water partition coefficient (Wildman–Crippen LogP) is 4.62. The first kappa shape index (κ1) is 18.5. The summed E-state index contributed by atoms with van der Waals surface area (Å²) in [7, 11) is 0. The normalized spacial score (nSPS) is 10.8. The van der Waals surface area contributed by atoms with Gasteiger partial charge < -0.3 is 18.4 Å². The number of nitrogens with zero attached hydrogens (tertiary/aromatic N) is 1. The monoisotopic (exact) mass is 391 g/mol. The van der Waals surface area contributed by atoms with E-state index in [1.807, 2.05) is 30.3 Å². The number of fused-ring (bicyclic) bond motifs is 1. The summed E-state index contributed by atoms with van der Waals surface area (Å²) in [6.07, 6.45) is 1.35. The Morgan fingerprint density at radius 2 is 1.83 bits per heavy atom. The van der Waals surface area contributed by atoms with Crippen molar-refractivity contribution in [2.75, 3.05) is 6.61 Å². The maximum atomic E-state index is 12.5. The summed E-state index contributed by atoms with van der Waals surface area (Å²) >= 11 is 0. The first-order chi connectivity index (χ1) is 14.2. The minimum Gasteiger partial charge on any atom is -0.465 e. The zero-order valence-corrected chi connectivity index (χ0v) is 15.6. The molecule has 0 bridgehead atoms. The van der Waals surface area contributed by atoms with Crippen LogP contribution in [0, 0.1) is 0 Å². The van der Waals surface area contributed by atoms with Crippen LogP contribution in [0.15, 0.2) is 69.8 Å². The van der Waals surface area contributed by atoms with E-state index in [0.717, 1.165) is 5.56 Å². The Morgan fingerprint density at radius 1 is 1.00 bits per heavy atom. The third kappa shape index (κ3) is 3.75. The lowest BCUT2D eigenvalue weighted by molar-refractivity contribution is 0.0423. The van der Waals surface area contributed by atoms with Crippen molar-refractivity contribution < 1.29 is 28.0 Å². The molecule has 0 saturated carbocycles. The van der Waals surface area contributed by atoms with Crippen LogP contribution in [0.5, 0.6) is 0 Å². The zero-order valence-electron chi connectivity index (χ0n) is 15.6. The van der Waals surface area contributed by atoms with Crippen molar-refractivity contribution in [3.63, 3.8) is 0 Å². The molecule has 2 aromatic carbocycles. The van der Waals surface area contributed by atoms with Gasteiger partial charge in [-0.15, -0.1) is 0 Å². The van der Waals surface area contributed by atoms with Gasteiger partial charge in [-0.05, 0) is 31.2 Å². The minimum absolute atomic E-state index is 0.187. The fourth-order valence-electron chi connectivity index (χ4n) is 2.92. The summed E-state index contributed by atoms with van der Waals surface area (Å²) in [6.45, 7) is 1.77. The second-order valence-corrected chi connectivity index (χ2v) is 6.16. The number of ether oxygens (including phenoxy) is 2. The van der Waals surface area contributed by atoms with Crippen LogP contribution in [-0.2, 0) is 16.1 Å². The molecule has 0 N–H and O–H groups in total. The third-order valence-electron chi connectivity index (χ3n) is 4.32. The number of aromatic nitrogens is 1. The van der Waals surface area contributed by atoms with Crippen LogP contribution in [0.2, 0.25) is 0 Å². The molecule has 2 aromatic heterocycles. The van der Waals surface area contributed by atoms with Crippen LogP contribution < -0.4 is 0 Å². The van der Waals surface area contributed by atoms with Gasteiger partial charge >= 0.3 is 11.9 Å². The Labute approximate surface area is 165 Å². The van der Waals surface area contributed by atoms with Crippen molar-refractivity contribution in [1.29, 1.82) is 0 Å². The van der Waals surface area contributed by atoms with Gasteiger partial charge in [0.2, 0.25) is 0 Å². The molecule has 0 fully saturated rings. The summed E-state index contributed by atoms with van der Waals surface area (Å²) in [5.74, 6) is -0.275. The molecule has 0 aliphatic rings. The third-order valence-corrected chi connectivity index (χ3v) is 4.32. The Kier molecular flexibility index (Phi) is 5.11. The van der Waals surface area contributed by atoms with E-state index >= 15 is 0 Å². The van der Waals surface area contributed by atoms with E-state index in [1.54, 1.807) is 25.1 Å². The molecule has 7 heteroatoms. The van der Waals surface area contributed by atoms with Crippen molar-refractivity contribution in [3.05, 3.63) is 77.7 Å². The van der Waals surface area contributed by atoms with E-state index in [-0.39, 0.29) is 24.5 Å². The number of carbonyl (C=O) groups is 2. The van der Waals surface area contributed by atoms with Gasteiger partial charge in [0.15, 0.2) is 18.1 Å². The van der Waals surface area contributed by atoms with Gasteiger partial charge in [0.1, 0.15) is 11.1 Å². The Morgan fingerprint density at radius 3 is 2.62 bits per heavy atom. The van der Waals surface area contributed by atoms with Crippen LogP contribution in [0.3, 0.4) is 0 Å². The largest absolute Gasteiger partial charge is 0.465 e. The summed E-state index contributed by atoms with van der Waals surface area (Å²) in [4.78, 5) is 24.4. The molecule has 29 heavy (non-hydrogen) atoms. The van der Waals surface area contributed by atoms with Crippen LogP contribution >= 0.6 is 0 Å². The number of esters is 2. The molecule has 0 atom stereocenters. The van der Waals surface area contributed by atoms with Crippen molar-refractivity contribution in [2.45, 2.75) is 13.5 Å². The van der Waals surface area contributed by atoms with Crippen molar-refractivity contribution >= 4 is 22.8 Å². The SMILES string of the molecule is CCOC(=O)c1ccoc1COC(=O)c1ccc2noc(-c3ccccc3)c2c1. The van der Waals surface area contributed by atoms with E-state index in [0.29, 0.717) is 22.2 Å². The second kappa shape index (κ2) is 8.02. The molecular weight excluding hydrogens is 374 g/mol. The molecule has 2 heterocycles. The summed E-state index contributed by atoms with van der Waals surface area (Å²) in [5.41, 5.74) is 2.06. The van der Waals surface area contributed by atoms with Gasteiger partial charge in [-0.2, -0.15) is 0 Å². The van der Waals surface area contributed by atoms with Gasteiger partial charge in [-0.3, -0.25) is 0 Å². The molecular formula is C22H17NO6. The lowest BCUT2D eigenvalue weighted by Gasteiger charge is -2.05. The zero-order chi connectivity index (χ0) is 20.2. The van der Waals surface area contributed by atoms with E-state index in [4.69, 9.17) is 18.4 Å². The van der Waals surface area contributed by atoms with E-state index < -0.39 is 11.9 Å². The topological polar surface area (TPSA) is 91.8 Å². The molecule has 4 rings (SSSR count). The van der Waals surface area contributed by atoms with Crippen LogP contribution in [0.1, 0.15) is 33.4 Å². The standard InChI is InChI=1S/C22H17NO6/c1-2-26-22(25)16-10-11-27-19(16)13-28-21(24)15-8-9-18-17(12-15)20(29-23-18)14-6-4-3-5-7-14/h3-12H,2,13H2,1H3. The van der Waals surface area contributed by atoms with Gasteiger partial charge in [-0.1, -0.05) is 35.5 Å². The molecule has 146 valence electrons. The second-order valence-electron chi connectivity index (χ2n) is 6.16. The summed E-state index contributed by atoms with van der Waals surface area (Å²) < 4.78 is 21.0. The van der Waals surface area contributed by atoms with Gasteiger partial charge in [-0.25, -0.2) is 9.59 Å². The lowest BCUT2D eigenvalue weighted by Crippen LogP contribution is -2.09. The molecule has 4 aromatic rings. The van der Waals surface area contributed by atoms with Crippen LogP contribution in [-0.4, -0.2) is 23.7 Å². The van der Waals surface area contributed by atoms with E-state index in [1.165, 1.54) is 12.3 Å². The summed E-state index contributed by atoms with van der Waals surface area (Å²) in [5, 5.41) is 4.74. The first-order valence-electron chi connectivity index (χ1n) is 9.03. The summed E-state index contributed by atoms with van der Waals surface area (Å²) in [6, 6.07) is 16.0. The van der Waals surface area contributed by atoms with Crippen molar-refractivity contribution in [1.82, 2.24) is 5.16 Å². The molecule has 0 radical (unpaired) electrons. The van der Waals surface area contributed by atoms with E-state index in [9.17, 15) is 9.59 Å². The number of benzene rings is 2. The van der Waals surface area contributed by atoms with Gasteiger partial charge in [0, 0.05) is 5.56 Å². The van der Waals surface area contributed by atoms with Crippen molar-refractivity contribution in [3.8, 4) is 11.3 Å². The fraction of sp³-hybridized carbons (Fsp3) is 0.136. The smallest absolute Gasteiger partial charge is 0.341 e.